The summed E-state index contributed by atoms with van der Waals surface area (Å²) in [5, 5.41) is 2.80. The molecule has 1 N–H and O–H groups in total. The molecular formula is C12H16BrNO3. The number of methoxy groups -OCH3 is 2. The van der Waals surface area contributed by atoms with Crippen LogP contribution in [0.5, 0.6) is 11.5 Å². The maximum absolute atomic E-state index is 11.8. The van der Waals surface area contributed by atoms with E-state index in [4.69, 9.17) is 9.47 Å². The Morgan fingerprint density at radius 1 is 1.35 bits per heavy atom. The van der Waals surface area contributed by atoms with Gasteiger partial charge in [0.2, 0.25) is 0 Å². The number of nitrogens with one attached hydrogen (secondary N) is 1. The van der Waals surface area contributed by atoms with Crippen molar-refractivity contribution >= 4 is 21.8 Å². The molecule has 0 fully saturated rings. The van der Waals surface area contributed by atoms with Crippen molar-refractivity contribution in [2.24, 2.45) is 0 Å². The summed E-state index contributed by atoms with van der Waals surface area (Å²) < 4.78 is 10.2. The van der Waals surface area contributed by atoms with E-state index in [0.717, 1.165) is 0 Å². The summed E-state index contributed by atoms with van der Waals surface area (Å²) in [6, 6.07) is 5.08. The maximum atomic E-state index is 11.8. The fraction of sp³-hybridized carbons (Fsp3) is 0.417. The molecule has 0 radical (unpaired) electrons. The molecule has 4 nitrogen and oxygen atoms in total. The Morgan fingerprint density at radius 3 is 2.53 bits per heavy atom. The van der Waals surface area contributed by atoms with Gasteiger partial charge in [-0.1, -0.05) is 22.9 Å². The van der Waals surface area contributed by atoms with Crippen LogP contribution in [0.2, 0.25) is 0 Å². The highest BCUT2D eigenvalue weighted by molar-refractivity contribution is 9.09. The van der Waals surface area contributed by atoms with Gasteiger partial charge in [-0.3, -0.25) is 4.79 Å². The quantitative estimate of drug-likeness (QED) is 0.848. The van der Waals surface area contributed by atoms with Crippen LogP contribution in [0.4, 0.5) is 0 Å². The van der Waals surface area contributed by atoms with E-state index in [2.05, 4.69) is 21.2 Å². The molecule has 0 saturated carbocycles. The van der Waals surface area contributed by atoms with Crippen molar-refractivity contribution < 1.29 is 14.3 Å². The van der Waals surface area contributed by atoms with Crippen molar-refractivity contribution in [3.63, 3.8) is 0 Å². The Kier molecular flexibility index (Phi) is 5.28. The Morgan fingerprint density at radius 2 is 2.00 bits per heavy atom. The lowest BCUT2D eigenvalue weighted by Crippen LogP contribution is -2.28. The molecule has 1 aromatic carbocycles. The zero-order valence-electron chi connectivity index (χ0n) is 10.1. The van der Waals surface area contributed by atoms with Crippen LogP contribution in [-0.4, -0.2) is 31.5 Å². The van der Waals surface area contributed by atoms with Gasteiger partial charge in [0.25, 0.3) is 5.91 Å². The number of carbonyl (C=O) groups excluding carboxylic acids is 1. The van der Waals surface area contributed by atoms with Crippen molar-refractivity contribution in [2.75, 3.05) is 20.8 Å². The number of amides is 1. The fourth-order valence-corrected chi connectivity index (χ4v) is 1.47. The SMILES string of the molecule is COc1ccc(C(=O)NCC(C)Br)cc1OC. The Balaban J connectivity index is 2.81. The molecule has 1 rings (SSSR count). The number of benzene rings is 1. The number of halogens is 1. The highest BCUT2D eigenvalue weighted by Gasteiger charge is 2.10. The number of alkyl halides is 1. The third-order valence-corrected chi connectivity index (χ3v) is 2.51. The maximum Gasteiger partial charge on any atom is 0.251 e. The van der Waals surface area contributed by atoms with E-state index < -0.39 is 0 Å². The highest BCUT2D eigenvalue weighted by Crippen LogP contribution is 2.27. The minimum absolute atomic E-state index is 0.128. The molecule has 5 heteroatoms. The lowest BCUT2D eigenvalue weighted by Gasteiger charge is -2.10. The van der Waals surface area contributed by atoms with Crippen molar-refractivity contribution in [3.05, 3.63) is 23.8 Å². The van der Waals surface area contributed by atoms with Crippen molar-refractivity contribution in [2.45, 2.75) is 11.8 Å². The first kappa shape index (κ1) is 13.8. The molecular weight excluding hydrogens is 286 g/mol. The van der Waals surface area contributed by atoms with Gasteiger partial charge in [0.05, 0.1) is 14.2 Å². The van der Waals surface area contributed by atoms with E-state index >= 15 is 0 Å². The van der Waals surface area contributed by atoms with Crippen molar-refractivity contribution in [1.82, 2.24) is 5.32 Å². The second-order valence-electron chi connectivity index (χ2n) is 3.56. The second-order valence-corrected chi connectivity index (χ2v) is 5.12. The van der Waals surface area contributed by atoms with Gasteiger partial charge in [-0.2, -0.15) is 0 Å². The summed E-state index contributed by atoms with van der Waals surface area (Å²) >= 11 is 3.37. The van der Waals surface area contributed by atoms with Gasteiger partial charge in [0, 0.05) is 16.9 Å². The van der Waals surface area contributed by atoms with Gasteiger partial charge < -0.3 is 14.8 Å². The van der Waals surface area contributed by atoms with Gasteiger partial charge in [0.1, 0.15) is 0 Å². The standard InChI is InChI=1S/C12H16BrNO3/c1-8(13)7-14-12(15)9-4-5-10(16-2)11(6-9)17-3/h4-6,8H,7H2,1-3H3,(H,14,15). The van der Waals surface area contributed by atoms with E-state index in [1.165, 1.54) is 0 Å². The summed E-state index contributed by atoms with van der Waals surface area (Å²) in [4.78, 5) is 12.0. The van der Waals surface area contributed by atoms with E-state index in [9.17, 15) is 4.79 Å². The molecule has 0 aliphatic carbocycles. The number of hydrogen-bond acceptors (Lipinski definition) is 3. The Labute approximate surface area is 109 Å². The van der Waals surface area contributed by atoms with Crippen LogP contribution in [0, 0.1) is 0 Å². The summed E-state index contributed by atoms with van der Waals surface area (Å²) in [6.07, 6.45) is 0. The Hall–Kier alpha value is -1.23. The molecule has 0 heterocycles. The topological polar surface area (TPSA) is 47.6 Å². The molecule has 1 atom stereocenters. The van der Waals surface area contributed by atoms with Crippen molar-refractivity contribution in [3.8, 4) is 11.5 Å². The smallest absolute Gasteiger partial charge is 0.251 e. The summed E-state index contributed by atoms with van der Waals surface area (Å²) in [7, 11) is 3.10. The molecule has 0 spiro atoms. The molecule has 1 unspecified atom stereocenters. The van der Waals surface area contributed by atoms with Gasteiger partial charge in [-0.25, -0.2) is 0 Å². The normalized spacial score (nSPS) is 11.8. The lowest BCUT2D eigenvalue weighted by molar-refractivity contribution is 0.0954. The van der Waals surface area contributed by atoms with Crippen LogP contribution in [0.15, 0.2) is 18.2 Å². The van der Waals surface area contributed by atoms with Gasteiger partial charge in [0.15, 0.2) is 11.5 Å². The van der Waals surface area contributed by atoms with Crippen LogP contribution < -0.4 is 14.8 Å². The third kappa shape index (κ3) is 3.93. The molecule has 94 valence electrons. The molecule has 1 amide bonds. The molecule has 0 bridgehead atoms. The largest absolute Gasteiger partial charge is 0.493 e. The summed E-state index contributed by atoms with van der Waals surface area (Å²) in [5.74, 6) is 1.03. The zero-order valence-corrected chi connectivity index (χ0v) is 11.7. The molecule has 17 heavy (non-hydrogen) atoms. The van der Waals surface area contributed by atoms with Gasteiger partial charge in [-0.15, -0.1) is 0 Å². The number of ether oxygens (including phenoxy) is 2. The number of hydrogen-bond donors (Lipinski definition) is 1. The average molecular weight is 302 g/mol. The molecule has 0 saturated heterocycles. The van der Waals surface area contributed by atoms with Crippen molar-refractivity contribution in [1.29, 1.82) is 0 Å². The van der Waals surface area contributed by atoms with Crippen LogP contribution in [0.25, 0.3) is 0 Å². The highest BCUT2D eigenvalue weighted by atomic mass is 79.9. The van der Waals surface area contributed by atoms with Crippen LogP contribution >= 0.6 is 15.9 Å². The monoisotopic (exact) mass is 301 g/mol. The Bertz CT molecular complexity index is 393. The minimum Gasteiger partial charge on any atom is -0.493 e. The van der Waals surface area contributed by atoms with Crippen LogP contribution in [0.3, 0.4) is 0 Å². The summed E-state index contributed by atoms with van der Waals surface area (Å²) in [5.41, 5.74) is 0.552. The zero-order chi connectivity index (χ0) is 12.8. The third-order valence-electron chi connectivity index (χ3n) is 2.19. The van der Waals surface area contributed by atoms with E-state index in [1.807, 2.05) is 6.92 Å². The number of carbonyl (C=O) groups is 1. The summed E-state index contributed by atoms with van der Waals surface area (Å²) in [6.45, 7) is 2.54. The average Bonchev–Trinajstić information content (AvgIpc) is 2.34. The predicted molar refractivity (Wildman–Crippen MR) is 70.3 cm³/mol. The first-order chi connectivity index (χ1) is 8.08. The molecule has 0 aromatic heterocycles. The molecule has 0 aliphatic heterocycles. The molecule has 1 aromatic rings. The fourth-order valence-electron chi connectivity index (χ4n) is 1.31. The van der Waals surface area contributed by atoms with E-state index in [-0.39, 0.29) is 10.7 Å². The van der Waals surface area contributed by atoms with E-state index in [1.54, 1.807) is 32.4 Å². The molecule has 0 aliphatic rings. The van der Waals surface area contributed by atoms with E-state index in [0.29, 0.717) is 23.6 Å². The van der Waals surface area contributed by atoms with Crippen LogP contribution in [-0.2, 0) is 0 Å². The minimum atomic E-state index is -0.128. The second kappa shape index (κ2) is 6.49. The lowest BCUT2D eigenvalue weighted by atomic mass is 10.2. The van der Waals surface area contributed by atoms with Gasteiger partial charge >= 0.3 is 0 Å². The van der Waals surface area contributed by atoms with Crippen LogP contribution in [0.1, 0.15) is 17.3 Å². The van der Waals surface area contributed by atoms with Gasteiger partial charge in [-0.05, 0) is 18.2 Å². The predicted octanol–water partition coefficient (Wildman–Crippen LogP) is 2.22. The first-order valence-electron chi connectivity index (χ1n) is 5.22. The number of rotatable bonds is 5. The first-order valence-corrected chi connectivity index (χ1v) is 6.14.